The molecule has 2 aromatic carbocycles. The van der Waals surface area contributed by atoms with Crippen molar-refractivity contribution in [1.29, 1.82) is 0 Å². The Morgan fingerprint density at radius 1 is 0.897 bits per heavy atom. The molecule has 1 saturated carbocycles. The Morgan fingerprint density at radius 2 is 1.48 bits per heavy atom. The van der Waals surface area contributed by atoms with Crippen LogP contribution in [0.1, 0.15) is 61.6 Å². The summed E-state index contributed by atoms with van der Waals surface area (Å²) in [5.74, 6) is 2.30. The normalized spacial score (nSPS) is 14.4. The molecule has 1 aliphatic rings. The Bertz CT molecular complexity index is 890. The van der Waals surface area contributed by atoms with Gasteiger partial charge in [-0.15, -0.1) is 0 Å². The summed E-state index contributed by atoms with van der Waals surface area (Å²) in [6.07, 6.45) is 7.51. The fraction of sp³-hybridized carbons (Fsp3) is 0.400. The quantitative estimate of drug-likeness (QED) is 0.569. The molecule has 0 radical (unpaired) electrons. The van der Waals surface area contributed by atoms with E-state index in [0.29, 0.717) is 17.9 Å². The van der Waals surface area contributed by atoms with Crippen molar-refractivity contribution >= 4 is 11.9 Å². The maximum Gasteiger partial charge on any atom is 0.161 e. The first-order valence-electron chi connectivity index (χ1n) is 10.1. The van der Waals surface area contributed by atoms with Crippen molar-refractivity contribution < 1.29 is 19.0 Å². The van der Waals surface area contributed by atoms with Crippen molar-refractivity contribution in [2.75, 3.05) is 21.3 Å². The monoisotopic (exact) mass is 394 g/mol. The third kappa shape index (κ3) is 5.00. The maximum atomic E-state index is 12.1. The lowest BCUT2D eigenvalue weighted by atomic mass is 9.86. The molecule has 0 bridgehead atoms. The van der Waals surface area contributed by atoms with E-state index in [-0.39, 0.29) is 11.7 Å². The van der Waals surface area contributed by atoms with Crippen LogP contribution >= 0.6 is 0 Å². The van der Waals surface area contributed by atoms with Gasteiger partial charge in [0.2, 0.25) is 0 Å². The zero-order chi connectivity index (χ0) is 20.8. The molecule has 0 heterocycles. The molecule has 1 aliphatic carbocycles. The first-order chi connectivity index (χ1) is 14.0. The minimum absolute atomic E-state index is 0.0565. The molecule has 0 amide bonds. The number of carbonyl (C=O) groups is 1. The Hall–Kier alpha value is -2.75. The standard InChI is InChI=1S/C25H30O4/c1-17(26)13-22(20-10-12-24(28-3)25(16-20)29-4)19-9-11-23(27-2)21(15-19)14-18-7-5-6-8-18/h9-12,14-16,22H,5-8,13H2,1-4H3. The largest absolute Gasteiger partial charge is 0.496 e. The third-order valence-corrected chi connectivity index (χ3v) is 5.56. The summed E-state index contributed by atoms with van der Waals surface area (Å²) in [5.41, 5.74) is 4.67. The predicted molar refractivity (Wildman–Crippen MR) is 116 cm³/mol. The van der Waals surface area contributed by atoms with Crippen molar-refractivity contribution in [3.05, 3.63) is 58.7 Å². The van der Waals surface area contributed by atoms with E-state index >= 15 is 0 Å². The number of ketones is 1. The Labute approximate surface area is 173 Å². The van der Waals surface area contributed by atoms with Gasteiger partial charge in [0, 0.05) is 17.9 Å². The van der Waals surface area contributed by atoms with Crippen LogP contribution in [0.25, 0.3) is 6.08 Å². The summed E-state index contributed by atoms with van der Waals surface area (Å²) in [5, 5.41) is 0. The molecule has 0 saturated heterocycles. The lowest BCUT2D eigenvalue weighted by Gasteiger charge is -2.20. The molecule has 0 aliphatic heterocycles. The topological polar surface area (TPSA) is 44.8 Å². The van der Waals surface area contributed by atoms with Crippen LogP contribution < -0.4 is 14.2 Å². The van der Waals surface area contributed by atoms with E-state index in [1.54, 1.807) is 28.3 Å². The lowest BCUT2D eigenvalue weighted by molar-refractivity contribution is -0.117. The van der Waals surface area contributed by atoms with E-state index in [4.69, 9.17) is 14.2 Å². The Kier molecular flexibility index (Phi) is 6.97. The smallest absolute Gasteiger partial charge is 0.161 e. The molecule has 0 spiro atoms. The number of hydrogen-bond acceptors (Lipinski definition) is 4. The number of ether oxygens (including phenoxy) is 3. The zero-order valence-electron chi connectivity index (χ0n) is 17.8. The van der Waals surface area contributed by atoms with Crippen LogP contribution in [0.2, 0.25) is 0 Å². The van der Waals surface area contributed by atoms with Crippen LogP contribution in [0, 0.1) is 0 Å². The molecule has 1 atom stereocenters. The second-order valence-corrected chi connectivity index (χ2v) is 7.58. The van der Waals surface area contributed by atoms with E-state index in [1.165, 1.54) is 18.4 Å². The van der Waals surface area contributed by atoms with Crippen LogP contribution in [-0.4, -0.2) is 27.1 Å². The van der Waals surface area contributed by atoms with Crippen LogP contribution in [0.4, 0.5) is 0 Å². The number of allylic oxidation sites excluding steroid dienone is 1. The number of methoxy groups -OCH3 is 3. The number of rotatable bonds is 8. The Balaban J connectivity index is 2.05. The van der Waals surface area contributed by atoms with E-state index < -0.39 is 0 Å². The van der Waals surface area contributed by atoms with Crippen molar-refractivity contribution in [2.24, 2.45) is 0 Å². The van der Waals surface area contributed by atoms with Gasteiger partial charge in [0.25, 0.3) is 0 Å². The van der Waals surface area contributed by atoms with Gasteiger partial charge in [-0.3, -0.25) is 4.79 Å². The van der Waals surface area contributed by atoms with Crippen LogP contribution in [0.3, 0.4) is 0 Å². The van der Waals surface area contributed by atoms with Gasteiger partial charge in [0.15, 0.2) is 11.5 Å². The third-order valence-electron chi connectivity index (χ3n) is 5.56. The van der Waals surface area contributed by atoms with Gasteiger partial charge in [-0.2, -0.15) is 0 Å². The van der Waals surface area contributed by atoms with Gasteiger partial charge in [0.1, 0.15) is 11.5 Å². The summed E-state index contributed by atoms with van der Waals surface area (Å²) < 4.78 is 16.4. The molecule has 4 heteroatoms. The van der Waals surface area contributed by atoms with Crippen molar-refractivity contribution in [1.82, 2.24) is 0 Å². The van der Waals surface area contributed by atoms with Crippen LogP contribution in [-0.2, 0) is 4.79 Å². The number of carbonyl (C=O) groups excluding carboxylic acids is 1. The van der Waals surface area contributed by atoms with Crippen molar-refractivity contribution in [3.8, 4) is 17.2 Å². The maximum absolute atomic E-state index is 12.1. The van der Waals surface area contributed by atoms with E-state index in [1.807, 2.05) is 24.3 Å². The van der Waals surface area contributed by atoms with Gasteiger partial charge in [-0.1, -0.05) is 23.8 Å². The molecule has 1 unspecified atom stereocenters. The number of Topliss-reactive ketones (excluding diaryl/α,β-unsaturated/α-hetero) is 1. The molecular formula is C25H30O4. The molecule has 2 aromatic rings. The molecule has 29 heavy (non-hydrogen) atoms. The second-order valence-electron chi connectivity index (χ2n) is 7.58. The average Bonchev–Trinajstić information content (AvgIpc) is 3.24. The fourth-order valence-corrected chi connectivity index (χ4v) is 4.06. The molecule has 0 aromatic heterocycles. The van der Waals surface area contributed by atoms with Gasteiger partial charge in [-0.25, -0.2) is 0 Å². The molecular weight excluding hydrogens is 364 g/mol. The summed E-state index contributed by atoms with van der Waals surface area (Å²) in [4.78, 5) is 12.1. The van der Waals surface area contributed by atoms with Crippen LogP contribution in [0.5, 0.6) is 17.2 Å². The highest BCUT2D eigenvalue weighted by Crippen LogP contribution is 2.37. The van der Waals surface area contributed by atoms with E-state index in [9.17, 15) is 4.79 Å². The summed E-state index contributed by atoms with van der Waals surface area (Å²) in [6, 6.07) is 12.1. The number of benzene rings is 2. The first kappa shape index (κ1) is 21.0. The molecule has 4 nitrogen and oxygen atoms in total. The highest BCUT2D eigenvalue weighted by molar-refractivity contribution is 5.77. The second kappa shape index (κ2) is 9.64. The SMILES string of the molecule is COc1ccc(C(CC(C)=O)c2ccc(OC)c(OC)c2)cc1C=C1CCCC1. The fourth-order valence-electron chi connectivity index (χ4n) is 4.06. The van der Waals surface area contributed by atoms with Gasteiger partial charge < -0.3 is 14.2 Å². The highest BCUT2D eigenvalue weighted by atomic mass is 16.5. The average molecular weight is 395 g/mol. The van der Waals surface area contributed by atoms with Gasteiger partial charge in [-0.05, 0) is 68.0 Å². The summed E-state index contributed by atoms with van der Waals surface area (Å²) >= 11 is 0. The predicted octanol–water partition coefficient (Wildman–Crippen LogP) is 5.78. The lowest BCUT2D eigenvalue weighted by Crippen LogP contribution is -2.07. The minimum Gasteiger partial charge on any atom is -0.496 e. The zero-order valence-corrected chi connectivity index (χ0v) is 17.8. The van der Waals surface area contributed by atoms with Gasteiger partial charge >= 0.3 is 0 Å². The van der Waals surface area contributed by atoms with E-state index in [0.717, 1.165) is 35.3 Å². The van der Waals surface area contributed by atoms with Crippen LogP contribution in [0.15, 0.2) is 42.0 Å². The van der Waals surface area contributed by atoms with Crippen molar-refractivity contribution in [3.63, 3.8) is 0 Å². The number of hydrogen-bond donors (Lipinski definition) is 0. The molecule has 3 rings (SSSR count). The molecule has 1 fully saturated rings. The van der Waals surface area contributed by atoms with E-state index in [2.05, 4.69) is 18.2 Å². The first-order valence-corrected chi connectivity index (χ1v) is 10.1. The molecule has 0 N–H and O–H groups in total. The molecule has 154 valence electrons. The minimum atomic E-state index is -0.0565. The van der Waals surface area contributed by atoms with Crippen molar-refractivity contribution in [2.45, 2.75) is 44.9 Å². The summed E-state index contributed by atoms with van der Waals surface area (Å²) in [7, 11) is 4.95. The Morgan fingerprint density at radius 3 is 2.07 bits per heavy atom. The highest BCUT2D eigenvalue weighted by Gasteiger charge is 2.20. The van der Waals surface area contributed by atoms with Gasteiger partial charge in [0.05, 0.1) is 21.3 Å². The summed E-state index contributed by atoms with van der Waals surface area (Å²) in [6.45, 7) is 1.64.